The Labute approximate surface area is 139 Å². The zero-order chi connectivity index (χ0) is 17.1. The van der Waals surface area contributed by atoms with E-state index in [1.54, 1.807) is 21.7 Å². The first-order valence-corrected chi connectivity index (χ1v) is 8.12. The van der Waals surface area contributed by atoms with Gasteiger partial charge in [-0.2, -0.15) is 0 Å². The molecule has 0 bridgehead atoms. The van der Waals surface area contributed by atoms with Crippen molar-refractivity contribution in [1.82, 2.24) is 9.47 Å². The molecule has 1 aliphatic heterocycles. The van der Waals surface area contributed by atoms with Crippen molar-refractivity contribution in [2.24, 2.45) is 5.92 Å². The summed E-state index contributed by atoms with van der Waals surface area (Å²) in [5.41, 5.74) is 0.697. The standard InChI is InChI=1S/C18H20N2O4/c21-16-7-10-20(15-4-2-1-3-14(15)16)12-17(22)19-8-5-13(6-9-19)11-18(23)24/h1-4,7,10,13H,5-6,8-9,11-12H2,(H,23,24). The SMILES string of the molecule is O=C(O)CC1CCN(C(=O)Cn2ccc(=O)c3ccccc32)CC1. The smallest absolute Gasteiger partial charge is 0.303 e. The van der Waals surface area contributed by atoms with Crippen LogP contribution in [0.5, 0.6) is 0 Å². The van der Waals surface area contributed by atoms with Crippen molar-refractivity contribution in [3.05, 3.63) is 46.8 Å². The first kappa shape index (κ1) is 16.2. The van der Waals surface area contributed by atoms with Gasteiger partial charge in [0.1, 0.15) is 6.54 Å². The number of para-hydroxylation sites is 1. The summed E-state index contributed by atoms with van der Waals surface area (Å²) in [4.78, 5) is 37.0. The lowest BCUT2D eigenvalue weighted by molar-refractivity contribution is -0.138. The van der Waals surface area contributed by atoms with Gasteiger partial charge in [0.05, 0.1) is 5.52 Å². The monoisotopic (exact) mass is 328 g/mol. The van der Waals surface area contributed by atoms with Gasteiger partial charge < -0.3 is 14.6 Å². The van der Waals surface area contributed by atoms with E-state index in [9.17, 15) is 14.4 Å². The maximum atomic E-state index is 12.5. The van der Waals surface area contributed by atoms with Crippen LogP contribution in [0.4, 0.5) is 0 Å². The molecular formula is C18H20N2O4. The Morgan fingerprint density at radius 3 is 2.54 bits per heavy atom. The topological polar surface area (TPSA) is 79.6 Å². The van der Waals surface area contributed by atoms with Gasteiger partial charge in [0.15, 0.2) is 5.43 Å². The predicted octanol–water partition coefficient (Wildman–Crippen LogP) is 1.71. The molecule has 0 spiro atoms. The van der Waals surface area contributed by atoms with Gasteiger partial charge in [-0.15, -0.1) is 0 Å². The van der Waals surface area contributed by atoms with Crippen LogP contribution in [-0.4, -0.2) is 39.5 Å². The van der Waals surface area contributed by atoms with E-state index >= 15 is 0 Å². The van der Waals surface area contributed by atoms with Crippen molar-refractivity contribution in [1.29, 1.82) is 0 Å². The summed E-state index contributed by atoms with van der Waals surface area (Å²) in [6, 6.07) is 8.73. The van der Waals surface area contributed by atoms with E-state index in [4.69, 9.17) is 5.11 Å². The number of fused-ring (bicyclic) bond motifs is 1. The summed E-state index contributed by atoms with van der Waals surface area (Å²) in [5, 5.41) is 9.45. The number of aromatic nitrogens is 1. The molecule has 1 saturated heterocycles. The molecule has 1 aromatic carbocycles. The number of aliphatic carboxylic acids is 1. The van der Waals surface area contributed by atoms with Crippen molar-refractivity contribution >= 4 is 22.8 Å². The van der Waals surface area contributed by atoms with Gasteiger partial charge in [0.2, 0.25) is 5.91 Å². The quantitative estimate of drug-likeness (QED) is 0.927. The van der Waals surface area contributed by atoms with Gasteiger partial charge in [-0.1, -0.05) is 12.1 Å². The number of carboxylic acids is 1. The molecule has 6 nitrogen and oxygen atoms in total. The van der Waals surface area contributed by atoms with Crippen molar-refractivity contribution in [2.75, 3.05) is 13.1 Å². The van der Waals surface area contributed by atoms with Gasteiger partial charge in [-0.05, 0) is 30.9 Å². The van der Waals surface area contributed by atoms with E-state index in [0.29, 0.717) is 18.5 Å². The minimum absolute atomic E-state index is 0.00224. The molecule has 0 unspecified atom stereocenters. The number of carboxylic acid groups (broad SMARTS) is 1. The third kappa shape index (κ3) is 3.48. The zero-order valence-corrected chi connectivity index (χ0v) is 13.4. The summed E-state index contributed by atoms with van der Waals surface area (Å²) in [6.07, 6.45) is 3.28. The van der Waals surface area contributed by atoms with Crippen molar-refractivity contribution < 1.29 is 14.7 Å². The molecule has 0 saturated carbocycles. The first-order chi connectivity index (χ1) is 11.5. The lowest BCUT2D eigenvalue weighted by Gasteiger charge is -2.31. The predicted molar refractivity (Wildman–Crippen MR) is 89.8 cm³/mol. The Hall–Kier alpha value is -2.63. The number of carbonyl (C=O) groups is 2. The van der Waals surface area contributed by atoms with Crippen LogP contribution in [0.2, 0.25) is 0 Å². The lowest BCUT2D eigenvalue weighted by Crippen LogP contribution is -2.40. The van der Waals surface area contributed by atoms with Gasteiger partial charge in [0.25, 0.3) is 0 Å². The average molecular weight is 328 g/mol. The highest BCUT2D eigenvalue weighted by Crippen LogP contribution is 2.21. The van der Waals surface area contributed by atoms with E-state index < -0.39 is 5.97 Å². The molecule has 0 aliphatic carbocycles. The summed E-state index contributed by atoms with van der Waals surface area (Å²) >= 11 is 0. The Bertz CT molecular complexity index is 819. The van der Waals surface area contributed by atoms with Crippen LogP contribution >= 0.6 is 0 Å². The fraction of sp³-hybridized carbons (Fsp3) is 0.389. The largest absolute Gasteiger partial charge is 0.481 e. The van der Waals surface area contributed by atoms with E-state index in [1.807, 2.05) is 18.2 Å². The fourth-order valence-electron chi connectivity index (χ4n) is 3.28. The van der Waals surface area contributed by atoms with Gasteiger partial charge in [-0.25, -0.2) is 0 Å². The second-order valence-corrected chi connectivity index (χ2v) is 6.25. The number of pyridine rings is 1. The molecule has 0 atom stereocenters. The zero-order valence-electron chi connectivity index (χ0n) is 13.4. The average Bonchev–Trinajstić information content (AvgIpc) is 2.58. The van der Waals surface area contributed by atoms with Gasteiger partial charge in [-0.3, -0.25) is 14.4 Å². The first-order valence-electron chi connectivity index (χ1n) is 8.12. The van der Waals surface area contributed by atoms with E-state index in [2.05, 4.69) is 0 Å². The molecule has 1 N–H and O–H groups in total. The van der Waals surface area contributed by atoms with E-state index in [0.717, 1.165) is 18.4 Å². The highest BCUT2D eigenvalue weighted by molar-refractivity contribution is 5.82. The maximum Gasteiger partial charge on any atom is 0.303 e. The van der Waals surface area contributed by atoms with Crippen LogP contribution in [0.25, 0.3) is 10.9 Å². The molecule has 1 aromatic heterocycles. The second-order valence-electron chi connectivity index (χ2n) is 6.25. The van der Waals surface area contributed by atoms with Crippen molar-refractivity contribution in [2.45, 2.75) is 25.8 Å². The molecule has 6 heteroatoms. The number of rotatable bonds is 4. The van der Waals surface area contributed by atoms with Crippen LogP contribution in [0, 0.1) is 5.92 Å². The van der Waals surface area contributed by atoms with Gasteiger partial charge >= 0.3 is 5.97 Å². The number of nitrogens with zero attached hydrogens (tertiary/aromatic N) is 2. The number of carbonyl (C=O) groups excluding carboxylic acids is 1. The van der Waals surface area contributed by atoms with E-state index in [-0.39, 0.29) is 30.2 Å². The Morgan fingerprint density at radius 1 is 1.12 bits per heavy atom. The van der Waals surface area contributed by atoms with E-state index in [1.165, 1.54) is 6.07 Å². The minimum Gasteiger partial charge on any atom is -0.481 e. The summed E-state index contributed by atoms with van der Waals surface area (Å²) in [5.74, 6) is -0.628. The number of benzene rings is 1. The van der Waals surface area contributed by atoms with Crippen LogP contribution in [0.3, 0.4) is 0 Å². The van der Waals surface area contributed by atoms with Crippen LogP contribution in [0.15, 0.2) is 41.3 Å². The van der Waals surface area contributed by atoms with Crippen molar-refractivity contribution in [3.8, 4) is 0 Å². The highest BCUT2D eigenvalue weighted by Gasteiger charge is 2.24. The summed E-state index contributed by atoms with van der Waals surface area (Å²) in [6.45, 7) is 1.37. The molecule has 1 fully saturated rings. The van der Waals surface area contributed by atoms with Crippen LogP contribution < -0.4 is 5.43 Å². The highest BCUT2D eigenvalue weighted by atomic mass is 16.4. The molecule has 2 heterocycles. The Morgan fingerprint density at radius 2 is 1.83 bits per heavy atom. The minimum atomic E-state index is -0.778. The number of hydrogen-bond acceptors (Lipinski definition) is 3. The molecular weight excluding hydrogens is 308 g/mol. The number of piperidine rings is 1. The second kappa shape index (κ2) is 6.86. The van der Waals surface area contributed by atoms with Crippen LogP contribution in [0.1, 0.15) is 19.3 Å². The number of amides is 1. The molecule has 3 rings (SSSR count). The van der Waals surface area contributed by atoms with Crippen molar-refractivity contribution in [3.63, 3.8) is 0 Å². The number of hydrogen-bond donors (Lipinski definition) is 1. The molecule has 1 aliphatic rings. The fourth-order valence-corrected chi connectivity index (χ4v) is 3.28. The van der Waals surface area contributed by atoms with Crippen LogP contribution in [-0.2, 0) is 16.1 Å². The molecule has 126 valence electrons. The summed E-state index contributed by atoms with van der Waals surface area (Å²) < 4.78 is 1.79. The molecule has 24 heavy (non-hydrogen) atoms. The third-order valence-electron chi connectivity index (χ3n) is 4.62. The third-order valence-corrected chi connectivity index (χ3v) is 4.62. The van der Waals surface area contributed by atoms with Gasteiger partial charge in [0, 0.05) is 37.2 Å². The molecule has 0 radical (unpaired) electrons. The molecule has 1 amide bonds. The Balaban J connectivity index is 1.69. The normalized spacial score (nSPS) is 15.6. The lowest BCUT2D eigenvalue weighted by atomic mass is 9.93. The molecule has 2 aromatic rings. The number of likely N-dealkylation sites (tertiary alicyclic amines) is 1. The summed E-state index contributed by atoms with van der Waals surface area (Å²) in [7, 11) is 0. The Kier molecular flexibility index (Phi) is 4.64. The maximum absolute atomic E-state index is 12.5.